The zero-order chi connectivity index (χ0) is 19.8. The van der Waals surface area contributed by atoms with Crippen LogP contribution in [0.5, 0.6) is 0 Å². The Morgan fingerprint density at radius 1 is 1.25 bits per heavy atom. The Bertz CT molecular complexity index is 1210. The summed E-state index contributed by atoms with van der Waals surface area (Å²) in [5.41, 5.74) is 1.84. The highest BCUT2D eigenvalue weighted by atomic mass is 79.9. The molecule has 1 unspecified atom stereocenters. The molecule has 3 aromatic heterocycles. The van der Waals surface area contributed by atoms with Crippen LogP contribution in [0.3, 0.4) is 0 Å². The van der Waals surface area contributed by atoms with Crippen LogP contribution in [-0.4, -0.2) is 37.1 Å². The van der Waals surface area contributed by atoms with Gasteiger partial charge in [0.1, 0.15) is 5.82 Å². The summed E-state index contributed by atoms with van der Waals surface area (Å²) < 4.78 is 22.2. The van der Waals surface area contributed by atoms with E-state index in [0.717, 1.165) is 9.86 Å². The first kappa shape index (κ1) is 18.4. The maximum absolute atomic E-state index is 14.8. The highest BCUT2D eigenvalue weighted by molar-refractivity contribution is 9.10. The van der Waals surface area contributed by atoms with Crippen molar-refractivity contribution in [3.8, 4) is 0 Å². The van der Waals surface area contributed by atoms with Crippen molar-refractivity contribution < 1.29 is 13.9 Å². The molecule has 0 aliphatic carbocycles. The summed E-state index contributed by atoms with van der Waals surface area (Å²) in [7, 11) is 0. The Hall–Kier alpha value is -2.94. The fraction of sp³-hybridized carbons (Fsp3) is 0.211. The first-order valence-electron chi connectivity index (χ1n) is 8.59. The van der Waals surface area contributed by atoms with Crippen LogP contribution < -0.4 is 0 Å². The number of carbonyl (C=O) groups excluding carboxylic acids is 1. The quantitative estimate of drug-likeness (QED) is 0.442. The monoisotopic (exact) mass is 443 g/mol. The molecule has 28 heavy (non-hydrogen) atoms. The fourth-order valence-corrected chi connectivity index (χ4v) is 3.36. The van der Waals surface area contributed by atoms with Gasteiger partial charge in [0.05, 0.1) is 30.7 Å². The molecule has 0 aliphatic heterocycles. The van der Waals surface area contributed by atoms with E-state index < -0.39 is 12.0 Å². The summed E-state index contributed by atoms with van der Waals surface area (Å²) in [5.74, 6) is -0.948. The van der Waals surface area contributed by atoms with Gasteiger partial charge in [-0.2, -0.15) is 0 Å². The second kappa shape index (κ2) is 7.23. The van der Waals surface area contributed by atoms with Gasteiger partial charge in [0.2, 0.25) is 0 Å². The highest BCUT2D eigenvalue weighted by Gasteiger charge is 2.20. The molecule has 3 heterocycles. The van der Waals surface area contributed by atoms with Gasteiger partial charge in [-0.3, -0.25) is 4.98 Å². The molecular weight excluding hydrogens is 429 g/mol. The van der Waals surface area contributed by atoms with E-state index in [-0.39, 0.29) is 18.1 Å². The number of esters is 1. The predicted octanol–water partition coefficient (Wildman–Crippen LogP) is 4.06. The smallest absolute Gasteiger partial charge is 0.358 e. The van der Waals surface area contributed by atoms with Gasteiger partial charge in [0.15, 0.2) is 17.0 Å². The standard InChI is InChI=1S/C19H15BrFN5O2/c1-3-28-19(27)16-8-23-17-18(25-16)26(9-24-17)10(2)13-5-11-4-12(20)7-22-15(11)6-14(13)21/h4-10H,3H2,1-2H3. The molecule has 0 bridgehead atoms. The molecule has 1 aromatic carbocycles. The van der Waals surface area contributed by atoms with Gasteiger partial charge >= 0.3 is 5.97 Å². The lowest BCUT2D eigenvalue weighted by Gasteiger charge is -2.16. The number of hydrogen-bond acceptors (Lipinski definition) is 6. The molecular formula is C19H15BrFN5O2. The van der Waals surface area contributed by atoms with Crippen LogP contribution in [0.15, 0.2) is 41.4 Å². The van der Waals surface area contributed by atoms with E-state index in [2.05, 4.69) is 35.9 Å². The molecule has 0 radical (unpaired) electrons. The third-order valence-electron chi connectivity index (χ3n) is 4.40. The SMILES string of the molecule is CCOC(=O)c1cnc2ncn(C(C)c3cc4cc(Br)cnc4cc3F)c2n1. The number of ether oxygens (including phenoxy) is 1. The fourth-order valence-electron chi connectivity index (χ4n) is 3.01. The van der Waals surface area contributed by atoms with Gasteiger partial charge in [-0.25, -0.2) is 24.1 Å². The summed E-state index contributed by atoms with van der Waals surface area (Å²) in [4.78, 5) is 28.9. The van der Waals surface area contributed by atoms with Gasteiger partial charge in [0.25, 0.3) is 0 Å². The van der Waals surface area contributed by atoms with Crippen LogP contribution in [-0.2, 0) is 4.74 Å². The largest absolute Gasteiger partial charge is 0.461 e. The van der Waals surface area contributed by atoms with Crippen molar-refractivity contribution in [2.45, 2.75) is 19.9 Å². The molecule has 0 N–H and O–H groups in total. The minimum atomic E-state index is -0.565. The molecule has 0 saturated carbocycles. The maximum Gasteiger partial charge on any atom is 0.358 e. The number of imidazole rings is 1. The average Bonchev–Trinajstić information content (AvgIpc) is 3.10. The summed E-state index contributed by atoms with van der Waals surface area (Å²) in [6, 6.07) is 4.60. The molecule has 0 saturated heterocycles. The first-order chi connectivity index (χ1) is 13.5. The van der Waals surface area contributed by atoms with Crippen molar-refractivity contribution in [2.75, 3.05) is 6.61 Å². The van der Waals surface area contributed by atoms with Gasteiger partial charge in [0, 0.05) is 27.7 Å². The molecule has 0 aliphatic rings. The molecule has 4 rings (SSSR count). The number of hydrogen-bond donors (Lipinski definition) is 0. The summed E-state index contributed by atoms with van der Waals surface area (Å²) in [5, 5.41) is 0.806. The third kappa shape index (κ3) is 3.22. The molecule has 0 spiro atoms. The number of halogens is 2. The molecule has 4 aromatic rings. The van der Waals surface area contributed by atoms with Crippen molar-refractivity contribution in [1.82, 2.24) is 24.5 Å². The average molecular weight is 444 g/mol. The van der Waals surface area contributed by atoms with Gasteiger partial charge < -0.3 is 9.30 Å². The lowest BCUT2D eigenvalue weighted by Crippen LogP contribution is -2.11. The van der Waals surface area contributed by atoms with Crippen LogP contribution >= 0.6 is 15.9 Å². The van der Waals surface area contributed by atoms with Crippen LogP contribution in [0.25, 0.3) is 22.2 Å². The van der Waals surface area contributed by atoms with Crippen LogP contribution in [0.4, 0.5) is 4.39 Å². The number of aromatic nitrogens is 5. The minimum absolute atomic E-state index is 0.0791. The van der Waals surface area contributed by atoms with E-state index in [1.165, 1.54) is 18.6 Å². The Kier molecular flexibility index (Phi) is 4.76. The van der Waals surface area contributed by atoms with Crippen LogP contribution in [0.1, 0.15) is 35.9 Å². The first-order valence-corrected chi connectivity index (χ1v) is 9.38. The van der Waals surface area contributed by atoms with Crippen LogP contribution in [0.2, 0.25) is 0 Å². The number of pyridine rings is 1. The number of rotatable bonds is 4. The number of fused-ring (bicyclic) bond motifs is 2. The molecule has 0 fully saturated rings. The summed E-state index contributed by atoms with van der Waals surface area (Å²) >= 11 is 3.38. The third-order valence-corrected chi connectivity index (χ3v) is 4.84. The van der Waals surface area contributed by atoms with E-state index in [4.69, 9.17) is 4.74 Å². The second-order valence-electron chi connectivity index (χ2n) is 6.17. The van der Waals surface area contributed by atoms with Gasteiger partial charge in [-0.05, 0) is 41.9 Å². The summed E-state index contributed by atoms with van der Waals surface area (Å²) in [6.07, 6.45) is 4.48. The maximum atomic E-state index is 14.8. The lowest BCUT2D eigenvalue weighted by atomic mass is 10.0. The van der Waals surface area contributed by atoms with E-state index in [1.54, 1.807) is 23.8 Å². The second-order valence-corrected chi connectivity index (χ2v) is 7.09. The van der Waals surface area contributed by atoms with Gasteiger partial charge in [-0.15, -0.1) is 0 Å². The zero-order valence-corrected chi connectivity index (χ0v) is 16.6. The van der Waals surface area contributed by atoms with E-state index >= 15 is 0 Å². The topological polar surface area (TPSA) is 82.8 Å². The molecule has 7 nitrogen and oxygen atoms in total. The summed E-state index contributed by atoms with van der Waals surface area (Å²) in [6.45, 7) is 3.78. The van der Waals surface area contributed by atoms with Gasteiger partial charge in [-0.1, -0.05) is 0 Å². The van der Waals surface area contributed by atoms with Crippen molar-refractivity contribution in [3.05, 3.63) is 58.5 Å². The van der Waals surface area contributed by atoms with Crippen LogP contribution in [0, 0.1) is 5.82 Å². The van der Waals surface area contributed by atoms with E-state index in [9.17, 15) is 9.18 Å². The molecule has 1 atom stereocenters. The van der Waals surface area contributed by atoms with Crippen molar-refractivity contribution in [2.24, 2.45) is 0 Å². The molecule has 142 valence electrons. The lowest BCUT2D eigenvalue weighted by molar-refractivity contribution is 0.0519. The number of carbonyl (C=O) groups is 1. The Balaban J connectivity index is 1.81. The number of benzene rings is 1. The van der Waals surface area contributed by atoms with Crippen molar-refractivity contribution in [1.29, 1.82) is 0 Å². The van der Waals surface area contributed by atoms with E-state index in [1.807, 2.05) is 13.0 Å². The predicted molar refractivity (Wildman–Crippen MR) is 104 cm³/mol. The van der Waals surface area contributed by atoms with E-state index in [0.29, 0.717) is 22.4 Å². The normalized spacial score (nSPS) is 12.4. The Morgan fingerprint density at radius 3 is 2.86 bits per heavy atom. The number of nitrogens with zero attached hydrogens (tertiary/aromatic N) is 5. The Labute approximate surface area is 167 Å². The highest BCUT2D eigenvalue weighted by Crippen LogP contribution is 2.28. The van der Waals surface area contributed by atoms with Crippen molar-refractivity contribution >= 4 is 44.1 Å². The molecule has 9 heteroatoms. The minimum Gasteiger partial charge on any atom is -0.461 e. The zero-order valence-electron chi connectivity index (χ0n) is 15.1. The van der Waals surface area contributed by atoms with Crippen molar-refractivity contribution in [3.63, 3.8) is 0 Å². The molecule has 0 amide bonds. The Morgan fingerprint density at radius 2 is 2.07 bits per heavy atom.